The Morgan fingerprint density at radius 2 is 1.71 bits per heavy atom. The Morgan fingerprint density at radius 3 is 2.43 bits per heavy atom. The van der Waals surface area contributed by atoms with Crippen molar-refractivity contribution in [1.82, 2.24) is 15.0 Å². The summed E-state index contributed by atoms with van der Waals surface area (Å²) in [5, 5.41) is 12.4. The van der Waals surface area contributed by atoms with Crippen molar-refractivity contribution in [3.8, 4) is 11.4 Å². The van der Waals surface area contributed by atoms with Crippen LogP contribution in [0.5, 0.6) is 5.75 Å². The molecule has 140 valence electrons. The van der Waals surface area contributed by atoms with E-state index in [9.17, 15) is 4.79 Å². The number of hydrogen-bond donors (Lipinski definition) is 1. The van der Waals surface area contributed by atoms with Gasteiger partial charge in [0.25, 0.3) is 5.91 Å². The van der Waals surface area contributed by atoms with Crippen molar-refractivity contribution in [3.05, 3.63) is 77.3 Å². The van der Waals surface area contributed by atoms with E-state index in [1.54, 1.807) is 41.2 Å². The van der Waals surface area contributed by atoms with E-state index >= 15 is 0 Å². The smallest absolute Gasteiger partial charge is 0.255 e. The highest BCUT2D eigenvalue weighted by atomic mass is 35.5. The number of benzene rings is 3. The summed E-state index contributed by atoms with van der Waals surface area (Å²) in [6, 6.07) is 19.7. The lowest BCUT2D eigenvalue weighted by atomic mass is 10.2. The van der Waals surface area contributed by atoms with Crippen molar-refractivity contribution < 1.29 is 9.53 Å². The molecule has 6 nitrogen and oxygen atoms in total. The van der Waals surface area contributed by atoms with Crippen molar-refractivity contribution >= 4 is 34.2 Å². The van der Waals surface area contributed by atoms with Gasteiger partial charge in [0.1, 0.15) is 16.8 Å². The molecule has 7 heteroatoms. The second-order valence-corrected chi connectivity index (χ2v) is 6.52. The molecular weight excluding hydrogens is 376 g/mol. The Labute approximate surface area is 166 Å². The molecule has 0 unspecified atom stereocenters. The van der Waals surface area contributed by atoms with Gasteiger partial charge in [0, 0.05) is 16.3 Å². The molecule has 0 aliphatic carbocycles. The second-order valence-electron chi connectivity index (χ2n) is 6.08. The van der Waals surface area contributed by atoms with Crippen molar-refractivity contribution in [1.29, 1.82) is 0 Å². The Balaban J connectivity index is 1.56. The van der Waals surface area contributed by atoms with Crippen molar-refractivity contribution in [2.24, 2.45) is 0 Å². The summed E-state index contributed by atoms with van der Waals surface area (Å²) in [5.74, 6) is 0.588. The normalized spacial score (nSPS) is 10.8. The zero-order valence-corrected chi connectivity index (χ0v) is 15.8. The number of nitrogens with one attached hydrogen (secondary N) is 1. The van der Waals surface area contributed by atoms with Gasteiger partial charge in [0.2, 0.25) is 0 Å². The minimum Gasteiger partial charge on any atom is -0.494 e. The second kappa shape index (κ2) is 7.70. The average molecular weight is 393 g/mol. The van der Waals surface area contributed by atoms with Gasteiger partial charge < -0.3 is 10.1 Å². The molecule has 0 bridgehead atoms. The molecule has 0 spiro atoms. The van der Waals surface area contributed by atoms with Crippen molar-refractivity contribution in [2.75, 3.05) is 11.9 Å². The topological polar surface area (TPSA) is 69.0 Å². The number of hydrogen-bond acceptors (Lipinski definition) is 4. The first-order valence-corrected chi connectivity index (χ1v) is 9.17. The zero-order valence-electron chi connectivity index (χ0n) is 15.1. The van der Waals surface area contributed by atoms with Gasteiger partial charge in [-0.2, -0.15) is 4.80 Å². The van der Waals surface area contributed by atoms with Crippen LogP contribution < -0.4 is 10.1 Å². The van der Waals surface area contributed by atoms with E-state index in [1.165, 1.54) is 0 Å². The standard InChI is InChI=1S/C21H17ClN4O2/c1-2-28-18-10-8-17(9-11-18)26-24-19-12-7-16(13-20(19)25-26)23-21(27)14-3-5-15(22)6-4-14/h3-13H,2H2,1H3,(H,23,27). The highest BCUT2D eigenvalue weighted by Crippen LogP contribution is 2.20. The van der Waals surface area contributed by atoms with Gasteiger partial charge in [-0.3, -0.25) is 4.79 Å². The molecular formula is C21H17ClN4O2. The van der Waals surface area contributed by atoms with Crippen LogP contribution in [0.2, 0.25) is 5.02 Å². The maximum absolute atomic E-state index is 12.4. The van der Waals surface area contributed by atoms with Crippen LogP contribution in [0.25, 0.3) is 16.7 Å². The third-order valence-electron chi connectivity index (χ3n) is 4.12. The molecule has 1 heterocycles. The first-order chi connectivity index (χ1) is 13.6. The van der Waals surface area contributed by atoms with Crippen LogP contribution in [0.1, 0.15) is 17.3 Å². The third kappa shape index (κ3) is 3.82. The Kier molecular flexibility index (Phi) is 4.95. The maximum atomic E-state index is 12.4. The SMILES string of the molecule is CCOc1ccc(-n2nc3ccc(NC(=O)c4ccc(Cl)cc4)cc3n2)cc1. The van der Waals surface area contributed by atoms with Gasteiger partial charge in [-0.15, -0.1) is 10.2 Å². The van der Waals surface area contributed by atoms with E-state index in [0.717, 1.165) is 17.0 Å². The lowest BCUT2D eigenvalue weighted by Crippen LogP contribution is -2.11. The predicted octanol–water partition coefficient (Wildman–Crippen LogP) is 4.72. The number of ether oxygens (including phenoxy) is 1. The largest absolute Gasteiger partial charge is 0.494 e. The highest BCUT2D eigenvalue weighted by molar-refractivity contribution is 6.30. The number of halogens is 1. The monoisotopic (exact) mass is 392 g/mol. The molecule has 0 fully saturated rings. The molecule has 0 saturated carbocycles. The minimum atomic E-state index is -0.213. The number of rotatable bonds is 5. The predicted molar refractivity (Wildman–Crippen MR) is 109 cm³/mol. The Hall–Kier alpha value is -3.38. The minimum absolute atomic E-state index is 0.213. The van der Waals surface area contributed by atoms with Crippen LogP contribution in [-0.2, 0) is 0 Å². The molecule has 1 amide bonds. The lowest BCUT2D eigenvalue weighted by Gasteiger charge is -2.05. The fraction of sp³-hybridized carbons (Fsp3) is 0.0952. The zero-order chi connectivity index (χ0) is 19.5. The van der Waals surface area contributed by atoms with E-state index < -0.39 is 0 Å². The molecule has 0 atom stereocenters. The number of nitrogens with zero attached hydrogens (tertiary/aromatic N) is 3. The van der Waals surface area contributed by atoms with Crippen LogP contribution in [-0.4, -0.2) is 27.5 Å². The summed E-state index contributed by atoms with van der Waals surface area (Å²) >= 11 is 5.86. The van der Waals surface area contributed by atoms with Crippen LogP contribution in [0.15, 0.2) is 66.7 Å². The first-order valence-electron chi connectivity index (χ1n) is 8.79. The van der Waals surface area contributed by atoms with Gasteiger partial charge in [-0.25, -0.2) is 0 Å². The van der Waals surface area contributed by atoms with E-state index in [2.05, 4.69) is 15.5 Å². The summed E-state index contributed by atoms with van der Waals surface area (Å²) in [4.78, 5) is 13.9. The van der Waals surface area contributed by atoms with Gasteiger partial charge in [-0.05, 0) is 73.7 Å². The molecule has 4 aromatic rings. The van der Waals surface area contributed by atoms with Crippen LogP contribution in [0.3, 0.4) is 0 Å². The van der Waals surface area contributed by atoms with Crippen molar-refractivity contribution in [2.45, 2.75) is 6.92 Å². The number of anilines is 1. The quantitative estimate of drug-likeness (QED) is 0.533. The number of carbonyl (C=O) groups is 1. The van der Waals surface area contributed by atoms with Crippen molar-refractivity contribution in [3.63, 3.8) is 0 Å². The van der Waals surface area contributed by atoms with Crippen LogP contribution in [0.4, 0.5) is 5.69 Å². The highest BCUT2D eigenvalue weighted by Gasteiger charge is 2.09. The molecule has 1 N–H and O–H groups in total. The molecule has 1 aromatic heterocycles. The summed E-state index contributed by atoms with van der Waals surface area (Å²) in [5.41, 5.74) is 3.42. The molecule has 28 heavy (non-hydrogen) atoms. The van der Waals surface area contributed by atoms with E-state index in [1.807, 2.05) is 37.3 Å². The van der Waals surface area contributed by atoms with E-state index in [-0.39, 0.29) is 5.91 Å². The van der Waals surface area contributed by atoms with E-state index in [0.29, 0.717) is 28.4 Å². The molecule has 0 saturated heterocycles. The van der Waals surface area contributed by atoms with Gasteiger partial charge in [0.15, 0.2) is 0 Å². The van der Waals surface area contributed by atoms with Gasteiger partial charge in [-0.1, -0.05) is 11.6 Å². The lowest BCUT2D eigenvalue weighted by molar-refractivity contribution is 0.102. The summed E-state index contributed by atoms with van der Waals surface area (Å²) in [7, 11) is 0. The number of carbonyl (C=O) groups excluding carboxylic acids is 1. The maximum Gasteiger partial charge on any atom is 0.255 e. The fourth-order valence-corrected chi connectivity index (χ4v) is 2.88. The van der Waals surface area contributed by atoms with Crippen LogP contribution in [0, 0.1) is 0 Å². The Morgan fingerprint density at radius 1 is 1.00 bits per heavy atom. The number of amides is 1. The third-order valence-corrected chi connectivity index (χ3v) is 4.38. The summed E-state index contributed by atoms with van der Waals surface area (Å²) in [6.45, 7) is 2.56. The molecule has 0 radical (unpaired) electrons. The van der Waals surface area contributed by atoms with E-state index in [4.69, 9.17) is 16.3 Å². The molecule has 4 rings (SSSR count). The summed E-state index contributed by atoms with van der Waals surface area (Å²) < 4.78 is 5.45. The molecule has 0 aliphatic rings. The number of fused-ring (bicyclic) bond motifs is 1. The van der Waals surface area contributed by atoms with Gasteiger partial charge in [0.05, 0.1) is 12.3 Å². The van der Waals surface area contributed by atoms with Crippen LogP contribution >= 0.6 is 11.6 Å². The summed E-state index contributed by atoms with van der Waals surface area (Å²) in [6.07, 6.45) is 0. The fourth-order valence-electron chi connectivity index (χ4n) is 2.75. The number of aromatic nitrogens is 3. The molecule has 3 aromatic carbocycles. The first kappa shape index (κ1) is 18.0. The van der Waals surface area contributed by atoms with Gasteiger partial charge >= 0.3 is 0 Å². The molecule has 0 aliphatic heterocycles. The average Bonchev–Trinajstić information content (AvgIpc) is 3.12. The Bertz CT molecular complexity index is 1120.